The normalized spacial score (nSPS) is 19.1. The maximum atomic E-state index is 12.6. The van der Waals surface area contributed by atoms with Gasteiger partial charge in [0, 0.05) is 11.9 Å². The van der Waals surface area contributed by atoms with E-state index in [1.165, 1.54) is 24.3 Å². The lowest BCUT2D eigenvalue weighted by Crippen LogP contribution is -2.40. The molecule has 1 unspecified atom stereocenters. The smallest absolute Gasteiger partial charge is 0.322 e. The van der Waals surface area contributed by atoms with Gasteiger partial charge in [-0.25, -0.2) is 13.2 Å². The fourth-order valence-corrected chi connectivity index (χ4v) is 3.61. The van der Waals surface area contributed by atoms with Crippen LogP contribution in [0.4, 0.5) is 10.5 Å². The van der Waals surface area contributed by atoms with Crippen molar-refractivity contribution in [3.8, 4) is 0 Å². The van der Waals surface area contributed by atoms with Crippen LogP contribution in [0.2, 0.25) is 5.02 Å². The maximum absolute atomic E-state index is 12.6. The predicted molar refractivity (Wildman–Crippen MR) is 103 cm³/mol. The van der Waals surface area contributed by atoms with Gasteiger partial charge in [-0.05, 0) is 42.8 Å². The van der Waals surface area contributed by atoms with Gasteiger partial charge in [-0.2, -0.15) is 0 Å². The summed E-state index contributed by atoms with van der Waals surface area (Å²) < 4.78 is 23.4. The highest BCUT2D eigenvalue weighted by Crippen LogP contribution is 2.27. The van der Waals surface area contributed by atoms with E-state index < -0.39 is 33.2 Å². The van der Waals surface area contributed by atoms with Gasteiger partial charge in [0.15, 0.2) is 9.84 Å². The summed E-state index contributed by atoms with van der Waals surface area (Å²) in [5.74, 6) is -1.12. The number of amides is 4. The highest BCUT2D eigenvalue weighted by Gasteiger charge is 2.43. The van der Waals surface area contributed by atoms with E-state index in [-0.39, 0.29) is 15.5 Å². The quantitative estimate of drug-likeness (QED) is 0.652. The number of hydrogen-bond acceptors (Lipinski definition) is 5. The van der Waals surface area contributed by atoms with Crippen molar-refractivity contribution in [1.29, 1.82) is 0 Å². The summed E-state index contributed by atoms with van der Waals surface area (Å²) in [6, 6.07) is 9.63. The Morgan fingerprint density at radius 1 is 1.14 bits per heavy atom. The average molecular weight is 422 g/mol. The van der Waals surface area contributed by atoms with Gasteiger partial charge in [0.25, 0.3) is 11.8 Å². The first-order valence-electron chi connectivity index (χ1n) is 8.06. The van der Waals surface area contributed by atoms with Crippen LogP contribution in [0.5, 0.6) is 0 Å². The second-order valence-corrected chi connectivity index (χ2v) is 8.90. The zero-order valence-corrected chi connectivity index (χ0v) is 16.4. The molecule has 3 N–H and O–H groups in total. The summed E-state index contributed by atoms with van der Waals surface area (Å²) in [7, 11) is -3.51. The highest BCUT2D eigenvalue weighted by atomic mass is 35.5. The standard InChI is InChI=1S/C18H16ClN3O5S/c1-18(16(24)21-17(25)22-18)10-4-3-5-11(8-10)20-15(23)13-9-12(28(2,26)27)6-7-14(13)19/h3-9H,1-2H3,(H,20,23)(H2,21,22,24,25). The Morgan fingerprint density at radius 3 is 2.46 bits per heavy atom. The summed E-state index contributed by atoms with van der Waals surface area (Å²) in [6.45, 7) is 1.54. The molecule has 3 rings (SSSR count). The molecule has 0 aliphatic carbocycles. The zero-order valence-electron chi connectivity index (χ0n) is 14.9. The molecule has 0 bridgehead atoms. The van der Waals surface area contributed by atoms with Crippen molar-refractivity contribution in [3.63, 3.8) is 0 Å². The number of sulfone groups is 1. The van der Waals surface area contributed by atoms with Gasteiger partial charge in [0.05, 0.1) is 15.5 Å². The Kier molecular flexibility index (Phi) is 4.90. The molecular formula is C18H16ClN3O5S. The average Bonchev–Trinajstić information content (AvgIpc) is 2.87. The minimum Gasteiger partial charge on any atom is -0.322 e. The summed E-state index contributed by atoms with van der Waals surface area (Å²) in [4.78, 5) is 36.1. The fourth-order valence-electron chi connectivity index (χ4n) is 2.76. The fraction of sp³-hybridized carbons (Fsp3) is 0.167. The lowest BCUT2D eigenvalue weighted by atomic mass is 9.92. The van der Waals surface area contributed by atoms with Gasteiger partial charge in [-0.15, -0.1) is 0 Å². The van der Waals surface area contributed by atoms with Gasteiger partial charge >= 0.3 is 6.03 Å². The Balaban J connectivity index is 1.90. The molecular weight excluding hydrogens is 406 g/mol. The molecule has 0 aromatic heterocycles. The number of hydrogen-bond donors (Lipinski definition) is 3. The van der Waals surface area contributed by atoms with Crippen LogP contribution in [0.1, 0.15) is 22.8 Å². The first-order valence-corrected chi connectivity index (χ1v) is 10.3. The number of halogens is 1. The van der Waals surface area contributed by atoms with Gasteiger partial charge in [-0.1, -0.05) is 23.7 Å². The predicted octanol–water partition coefficient (Wildman–Crippen LogP) is 2.05. The molecule has 1 atom stereocenters. The van der Waals surface area contributed by atoms with Crippen molar-refractivity contribution < 1.29 is 22.8 Å². The number of carbonyl (C=O) groups excluding carboxylic acids is 3. The summed E-state index contributed by atoms with van der Waals surface area (Å²) >= 11 is 6.04. The van der Waals surface area contributed by atoms with Crippen molar-refractivity contribution in [2.24, 2.45) is 0 Å². The molecule has 146 valence electrons. The maximum Gasteiger partial charge on any atom is 0.322 e. The van der Waals surface area contributed by atoms with Crippen LogP contribution in [-0.4, -0.2) is 32.5 Å². The van der Waals surface area contributed by atoms with E-state index in [0.29, 0.717) is 11.3 Å². The molecule has 1 aliphatic rings. The number of nitrogens with one attached hydrogen (secondary N) is 3. The van der Waals surface area contributed by atoms with E-state index in [1.807, 2.05) is 0 Å². The van der Waals surface area contributed by atoms with Crippen LogP contribution in [0, 0.1) is 0 Å². The molecule has 0 radical (unpaired) electrons. The number of carbonyl (C=O) groups is 3. The Morgan fingerprint density at radius 2 is 1.86 bits per heavy atom. The molecule has 10 heteroatoms. The van der Waals surface area contributed by atoms with E-state index in [2.05, 4.69) is 16.0 Å². The van der Waals surface area contributed by atoms with E-state index in [4.69, 9.17) is 11.6 Å². The van der Waals surface area contributed by atoms with Crippen molar-refractivity contribution in [2.45, 2.75) is 17.4 Å². The number of rotatable bonds is 4. The Hall–Kier alpha value is -2.91. The van der Waals surface area contributed by atoms with Crippen LogP contribution in [0.25, 0.3) is 0 Å². The van der Waals surface area contributed by atoms with E-state index in [9.17, 15) is 22.8 Å². The minimum atomic E-state index is -3.51. The molecule has 4 amide bonds. The third-order valence-corrected chi connectivity index (χ3v) is 5.79. The second kappa shape index (κ2) is 6.92. The van der Waals surface area contributed by atoms with Crippen molar-refractivity contribution >= 4 is 45.0 Å². The first kappa shape index (κ1) is 19.8. The number of imide groups is 1. The number of anilines is 1. The molecule has 1 heterocycles. The molecule has 0 spiro atoms. The monoisotopic (exact) mass is 421 g/mol. The van der Waals surface area contributed by atoms with Gasteiger partial charge in [-0.3, -0.25) is 14.9 Å². The van der Waals surface area contributed by atoms with Gasteiger partial charge in [0.2, 0.25) is 0 Å². The second-order valence-electron chi connectivity index (χ2n) is 6.48. The van der Waals surface area contributed by atoms with Crippen LogP contribution < -0.4 is 16.0 Å². The third kappa shape index (κ3) is 3.71. The summed E-state index contributed by atoms with van der Waals surface area (Å²) in [5.41, 5.74) is -0.470. The summed E-state index contributed by atoms with van der Waals surface area (Å²) in [6.07, 6.45) is 1.03. The lowest BCUT2D eigenvalue weighted by Gasteiger charge is -2.21. The van der Waals surface area contributed by atoms with E-state index in [0.717, 1.165) is 6.26 Å². The van der Waals surface area contributed by atoms with Crippen LogP contribution in [-0.2, 0) is 20.2 Å². The first-order chi connectivity index (χ1) is 13.0. The molecule has 28 heavy (non-hydrogen) atoms. The highest BCUT2D eigenvalue weighted by molar-refractivity contribution is 7.90. The topological polar surface area (TPSA) is 121 Å². The largest absolute Gasteiger partial charge is 0.322 e. The van der Waals surface area contributed by atoms with E-state index in [1.54, 1.807) is 25.1 Å². The SMILES string of the molecule is CC1(c2cccc(NC(=O)c3cc(S(C)(=O)=O)ccc3Cl)c2)NC(=O)NC1=O. The van der Waals surface area contributed by atoms with Crippen LogP contribution >= 0.6 is 11.6 Å². The third-order valence-electron chi connectivity index (χ3n) is 4.35. The molecule has 2 aromatic carbocycles. The minimum absolute atomic E-state index is 0.00637. The molecule has 0 saturated carbocycles. The summed E-state index contributed by atoms with van der Waals surface area (Å²) in [5, 5.41) is 7.43. The van der Waals surface area contributed by atoms with Crippen molar-refractivity contribution in [1.82, 2.24) is 10.6 Å². The molecule has 1 fully saturated rings. The number of benzene rings is 2. The zero-order chi connectivity index (χ0) is 20.7. The van der Waals surface area contributed by atoms with Crippen LogP contribution in [0.3, 0.4) is 0 Å². The molecule has 8 nitrogen and oxygen atoms in total. The van der Waals surface area contributed by atoms with Gasteiger partial charge in [0.1, 0.15) is 5.54 Å². The van der Waals surface area contributed by atoms with E-state index >= 15 is 0 Å². The molecule has 2 aromatic rings. The lowest BCUT2D eigenvalue weighted by molar-refractivity contribution is -0.123. The van der Waals surface area contributed by atoms with Crippen molar-refractivity contribution in [3.05, 3.63) is 58.6 Å². The molecule has 1 saturated heterocycles. The number of urea groups is 1. The van der Waals surface area contributed by atoms with Crippen molar-refractivity contribution in [2.75, 3.05) is 11.6 Å². The Bertz CT molecular complexity index is 1120. The molecule has 1 aliphatic heterocycles. The Labute approximate surface area is 166 Å². The van der Waals surface area contributed by atoms with Gasteiger partial charge < -0.3 is 10.6 Å². The van der Waals surface area contributed by atoms with Crippen LogP contribution in [0.15, 0.2) is 47.4 Å².